The first-order chi connectivity index (χ1) is 9.15. The summed E-state index contributed by atoms with van der Waals surface area (Å²) in [7, 11) is 0. The van der Waals surface area contributed by atoms with Gasteiger partial charge in [-0.15, -0.1) is 0 Å². The molecule has 2 aromatic rings. The number of fused-ring (bicyclic) bond motifs is 1. The fourth-order valence-electron chi connectivity index (χ4n) is 2.70. The topological polar surface area (TPSA) is 94.3 Å². The summed E-state index contributed by atoms with van der Waals surface area (Å²) in [4.78, 5) is 4.00. The van der Waals surface area contributed by atoms with E-state index in [1.165, 1.54) is 12.7 Å². The Bertz CT molecular complexity index is 595. The van der Waals surface area contributed by atoms with E-state index in [1.807, 2.05) is 6.07 Å². The van der Waals surface area contributed by atoms with Crippen molar-refractivity contribution in [3.05, 3.63) is 16.9 Å². The Morgan fingerprint density at radius 2 is 2.32 bits per heavy atom. The largest absolute Gasteiger partial charge is 0.382 e. The van der Waals surface area contributed by atoms with Crippen LogP contribution in [-0.4, -0.2) is 27.2 Å². The predicted molar refractivity (Wildman–Crippen MR) is 78.9 cm³/mol. The van der Waals surface area contributed by atoms with Crippen LogP contribution in [0, 0.1) is 5.92 Å². The highest BCUT2D eigenvalue weighted by Crippen LogP contribution is 2.29. The van der Waals surface area contributed by atoms with Gasteiger partial charge in [-0.3, -0.25) is 0 Å². The Labute approximate surface area is 119 Å². The monoisotopic (exact) mass is 324 g/mol. The van der Waals surface area contributed by atoms with Crippen molar-refractivity contribution in [1.82, 2.24) is 14.6 Å². The smallest absolute Gasteiger partial charge is 0.152 e. The van der Waals surface area contributed by atoms with Gasteiger partial charge in [0.15, 0.2) is 5.82 Å². The van der Waals surface area contributed by atoms with Gasteiger partial charge in [-0.1, -0.05) is 0 Å². The van der Waals surface area contributed by atoms with Crippen molar-refractivity contribution in [2.24, 2.45) is 11.7 Å². The summed E-state index contributed by atoms with van der Waals surface area (Å²) in [6.45, 7) is 0.913. The second-order valence-electron chi connectivity index (χ2n) is 5.10. The van der Waals surface area contributed by atoms with Crippen molar-refractivity contribution in [3.63, 3.8) is 0 Å². The molecule has 0 bridgehead atoms. The Morgan fingerprint density at radius 3 is 3.05 bits per heavy atom. The van der Waals surface area contributed by atoms with E-state index in [1.54, 1.807) is 4.52 Å². The number of rotatable bonds is 3. The van der Waals surface area contributed by atoms with Gasteiger partial charge in [0.05, 0.1) is 4.47 Å². The van der Waals surface area contributed by atoms with E-state index in [0.717, 1.165) is 35.2 Å². The van der Waals surface area contributed by atoms with E-state index >= 15 is 0 Å². The van der Waals surface area contributed by atoms with Gasteiger partial charge in [-0.2, -0.15) is 5.10 Å². The molecule has 1 saturated carbocycles. The number of anilines is 2. The molecule has 1 aliphatic rings. The molecule has 6 nitrogen and oxygen atoms in total. The Hall–Kier alpha value is -1.34. The Balaban J connectivity index is 1.80. The van der Waals surface area contributed by atoms with Crippen LogP contribution in [0.3, 0.4) is 0 Å². The lowest BCUT2D eigenvalue weighted by Crippen LogP contribution is -2.18. The summed E-state index contributed by atoms with van der Waals surface area (Å²) in [6.07, 6.45) is 4.87. The summed E-state index contributed by atoms with van der Waals surface area (Å²) >= 11 is 3.49. The van der Waals surface area contributed by atoms with E-state index in [9.17, 15) is 0 Å². The SMILES string of the molecule is Nc1ncnn2c(NC[C@H]3CC[C@@H](N)C3)cc(Br)c12. The zero-order chi connectivity index (χ0) is 13.4. The van der Waals surface area contributed by atoms with Crippen LogP contribution in [0.2, 0.25) is 0 Å². The Morgan fingerprint density at radius 1 is 1.47 bits per heavy atom. The standard InChI is InChI=1S/C12H17BrN6/c13-9-4-10(16-5-7-1-2-8(14)3-7)19-11(9)12(15)17-6-18-19/h4,6-8,16H,1-3,5,14H2,(H2,15,17,18)/t7-,8+/m0/s1. The van der Waals surface area contributed by atoms with Gasteiger partial charge < -0.3 is 16.8 Å². The molecule has 19 heavy (non-hydrogen) atoms. The highest BCUT2D eigenvalue weighted by atomic mass is 79.9. The normalized spacial score (nSPS) is 23.1. The third kappa shape index (κ3) is 2.40. The maximum absolute atomic E-state index is 5.93. The molecule has 0 radical (unpaired) electrons. The molecular weight excluding hydrogens is 308 g/mol. The van der Waals surface area contributed by atoms with E-state index in [-0.39, 0.29) is 0 Å². The first kappa shape index (κ1) is 12.7. The van der Waals surface area contributed by atoms with E-state index in [2.05, 4.69) is 31.3 Å². The molecule has 0 spiro atoms. The summed E-state index contributed by atoms with van der Waals surface area (Å²) in [5, 5.41) is 7.66. The third-order valence-electron chi connectivity index (χ3n) is 3.69. The van der Waals surface area contributed by atoms with Gasteiger partial charge >= 0.3 is 0 Å². The minimum atomic E-state index is 0.362. The van der Waals surface area contributed by atoms with Crippen LogP contribution in [0.5, 0.6) is 0 Å². The van der Waals surface area contributed by atoms with Gasteiger partial charge in [0, 0.05) is 12.6 Å². The van der Waals surface area contributed by atoms with Gasteiger partial charge in [0.2, 0.25) is 0 Å². The molecule has 1 aliphatic carbocycles. The fourth-order valence-corrected chi connectivity index (χ4v) is 3.28. The molecule has 7 heteroatoms. The summed E-state index contributed by atoms with van der Waals surface area (Å²) in [6, 6.07) is 2.34. The molecule has 102 valence electrons. The Kier molecular flexibility index (Phi) is 3.32. The lowest BCUT2D eigenvalue weighted by molar-refractivity contribution is 0.564. The lowest BCUT2D eigenvalue weighted by atomic mass is 10.1. The predicted octanol–water partition coefficient (Wildman–Crippen LogP) is 1.61. The first-order valence-electron chi connectivity index (χ1n) is 6.42. The molecule has 0 saturated heterocycles. The molecule has 5 N–H and O–H groups in total. The first-order valence-corrected chi connectivity index (χ1v) is 7.21. The van der Waals surface area contributed by atoms with Crippen molar-refractivity contribution in [3.8, 4) is 0 Å². The molecule has 2 heterocycles. The van der Waals surface area contributed by atoms with Crippen molar-refractivity contribution in [2.45, 2.75) is 25.3 Å². The number of hydrogen-bond donors (Lipinski definition) is 3. The summed E-state index contributed by atoms with van der Waals surface area (Å²) in [5.74, 6) is 2.03. The van der Waals surface area contributed by atoms with Crippen molar-refractivity contribution < 1.29 is 0 Å². The molecular formula is C12H17BrN6. The van der Waals surface area contributed by atoms with Gasteiger partial charge in [-0.05, 0) is 47.2 Å². The maximum Gasteiger partial charge on any atom is 0.152 e. The molecule has 2 atom stereocenters. The molecule has 0 unspecified atom stereocenters. The number of nitrogen functional groups attached to an aromatic ring is 1. The van der Waals surface area contributed by atoms with Crippen LogP contribution in [0.4, 0.5) is 11.6 Å². The van der Waals surface area contributed by atoms with Crippen molar-refractivity contribution in [1.29, 1.82) is 0 Å². The second-order valence-corrected chi connectivity index (χ2v) is 5.96. The number of hydrogen-bond acceptors (Lipinski definition) is 5. The van der Waals surface area contributed by atoms with E-state index < -0.39 is 0 Å². The van der Waals surface area contributed by atoms with Gasteiger partial charge in [-0.25, -0.2) is 9.50 Å². The van der Waals surface area contributed by atoms with Crippen LogP contribution >= 0.6 is 15.9 Å². The number of nitrogens with zero attached hydrogens (tertiary/aromatic N) is 3. The molecule has 0 amide bonds. The summed E-state index contributed by atoms with van der Waals surface area (Å²) in [5.41, 5.74) is 12.6. The average molecular weight is 325 g/mol. The highest BCUT2D eigenvalue weighted by molar-refractivity contribution is 9.10. The van der Waals surface area contributed by atoms with Crippen LogP contribution in [0.25, 0.3) is 5.52 Å². The second kappa shape index (κ2) is 4.97. The van der Waals surface area contributed by atoms with Crippen LogP contribution in [-0.2, 0) is 0 Å². The average Bonchev–Trinajstić information content (AvgIpc) is 2.92. The van der Waals surface area contributed by atoms with Gasteiger partial charge in [0.25, 0.3) is 0 Å². The van der Waals surface area contributed by atoms with Crippen LogP contribution in [0.1, 0.15) is 19.3 Å². The van der Waals surface area contributed by atoms with Crippen molar-refractivity contribution in [2.75, 3.05) is 17.6 Å². The van der Waals surface area contributed by atoms with E-state index in [4.69, 9.17) is 11.5 Å². The maximum atomic E-state index is 5.93. The number of halogens is 1. The minimum absolute atomic E-state index is 0.362. The van der Waals surface area contributed by atoms with Crippen LogP contribution < -0.4 is 16.8 Å². The summed E-state index contributed by atoms with van der Waals surface area (Å²) < 4.78 is 2.68. The van der Waals surface area contributed by atoms with Gasteiger partial charge in [0.1, 0.15) is 17.7 Å². The molecule has 1 fully saturated rings. The van der Waals surface area contributed by atoms with Crippen LogP contribution in [0.15, 0.2) is 16.9 Å². The quantitative estimate of drug-likeness (QED) is 0.797. The zero-order valence-corrected chi connectivity index (χ0v) is 12.1. The van der Waals surface area contributed by atoms with Crippen molar-refractivity contribution >= 4 is 33.1 Å². The van der Waals surface area contributed by atoms with E-state index in [0.29, 0.717) is 17.8 Å². The zero-order valence-electron chi connectivity index (χ0n) is 10.5. The number of nitrogens with one attached hydrogen (secondary N) is 1. The minimum Gasteiger partial charge on any atom is -0.382 e. The number of nitrogens with two attached hydrogens (primary N) is 2. The third-order valence-corrected chi connectivity index (χ3v) is 4.29. The molecule has 0 aliphatic heterocycles. The molecule has 0 aromatic carbocycles. The lowest BCUT2D eigenvalue weighted by Gasteiger charge is -2.11. The fraction of sp³-hybridized carbons (Fsp3) is 0.500. The molecule has 3 rings (SSSR count). The number of aromatic nitrogens is 3. The molecule has 2 aromatic heterocycles. The highest BCUT2D eigenvalue weighted by Gasteiger charge is 2.22.